The molecule has 0 radical (unpaired) electrons. The largest absolute Gasteiger partial charge is 0.481 e. The van der Waals surface area contributed by atoms with Gasteiger partial charge in [0.2, 0.25) is 0 Å². The van der Waals surface area contributed by atoms with E-state index < -0.39 is 11.9 Å². The number of hydrogen-bond acceptors (Lipinski definition) is 2. The second-order valence-corrected chi connectivity index (χ2v) is 3.60. The number of aliphatic carboxylic acids is 1. The van der Waals surface area contributed by atoms with Crippen molar-refractivity contribution in [2.45, 2.75) is 5.92 Å². The summed E-state index contributed by atoms with van der Waals surface area (Å²) in [7, 11) is 0. The maximum Gasteiger partial charge on any atom is 0.312 e. The van der Waals surface area contributed by atoms with Gasteiger partial charge in [0, 0.05) is 11.0 Å². The number of carboxylic acids is 1. The lowest BCUT2D eigenvalue weighted by Gasteiger charge is -2.09. The summed E-state index contributed by atoms with van der Waals surface area (Å²) in [6.45, 7) is 0.117. The van der Waals surface area contributed by atoms with Gasteiger partial charge in [-0.25, -0.2) is 0 Å². The van der Waals surface area contributed by atoms with Crippen molar-refractivity contribution in [3.63, 3.8) is 0 Å². The van der Waals surface area contributed by atoms with E-state index in [9.17, 15) is 4.79 Å². The maximum absolute atomic E-state index is 10.7. The fourth-order valence-electron chi connectivity index (χ4n) is 1.10. The van der Waals surface area contributed by atoms with E-state index in [0.29, 0.717) is 0 Å². The monoisotopic (exact) mass is 243 g/mol. The van der Waals surface area contributed by atoms with E-state index in [4.69, 9.17) is 10.8 Å². The fourth-order valence-corrected chi connectivity index (χ4v) is 1.52. The van der Waals surface area contributed by atoms with Gasteiger partial charge in [-0.15, -0.1) is 0 Å². The van der Waals surface area contributed by atoms with Crippen LogP contribution in [0.1, 0.15) is 11.5 Å². The lowest BCUT2D eigenvalue weighted by molar-refractivity contribution is -0.138. The van der Waals surface area contributed by atoms with Gasteiger partial charge in [-0.2, -0.15) is 0 Å². The van der Waals surface area contributed by atoms with Crippen molar-refractivity contribution < 1.29 is 9.90 Å². The molecule has 3 N–H and O–H groups in total. The molecule has 0 aliphatic heterocycles. The predicted octanol–water partition coefficient (Wildman–Crippen LogP) is 1.58. The summed E-state index contributed by atoms with van der Waals surface area (Å²) in [6.07, 6.45) is 0. The second kappa shape index (κ2) is 4.39. The molecular weight excluding hydrogens is 234 g/mol. The standard InChI is InChI=1S/C9H10BrNO2/c10-7-3-1-2-6(4-7)8(5-11)9(12)13/h1-4,8H,5,11H2,(H,12,13)/t8-/m0/s1. The Labute approximate surface area is 84.7 Å². The first-order chi connectivity index (χ1) is 6.15. The Morgan fingerprint density at radius 1 is 1.62 bits per heavy atom. The Morgan fingerprint density at radius 2 is 2.31 bits per heavy atom. The van der Waals surface area contributed by atoms with Crippen LogP contribution in [0.15, 0.2) is 28.7 Å². The highest BCUT2D eigenvalue weighted by Gasteiger charge is 2.17. The van der Waals surface area contributed by atoms with Crippen LogP contribution < -0.4 is 5.73 Å². The Balaban J connectivity index is 2.98. The first-order valence-corrected chi connectivity index (χ1v) is 4.62. The van der Waals surface area contributed by atoms with Crippen molar-refractivity contribution in [2.24, 2.45) is 5.73 Å². The van der Waals surface area contributed by atoms with Gasteiger partial charge in [-0.05, 0) is 17.7 Å². The second-order valence-electron chi connectivity index (χ2n) is 2.68. The fraction of sp³-hybridized carbons (Fsp3) is 0.222. The van der Waals surface area contributed by atoms with Gasteiger partial charge in [-0.1, -0.05) is 28.1 Å². The molecule has 1 atom stereocenters. The summed E-state index contributed by atoms with van der Waals surface area (Å²) in [5.74, 6) is -1.50. The third-order valence-corrected chi connectivity index (χ3v) is 2.28. The van der Waals surface area contributed by atoms with Crippen molar-refractivity contribution in [3.8, 4) is 0 Å². The lowest BCUT2D eigenvalue weighted by atomic mass is 10.00. The summed E-state index contributed by atoms with van der Waals surface area (Å²) in [6, 6.07) is 7.17. The van der Waals surface area contributed by atoms with Crippen molar-refractivity contribution in [2.75, 3.05) is 6.54 Å². The molecule has 70 valence electrons. The van der Waals surface area contributed by atoms with Gasteiger partial charge in [-0.3, -0.25) is 4.79 Å². The SMILES string of the molecule is NC[C@H](C(=O)O)c1cccc(Br)c1. The van der Waals surface area contributed by atoms with Crippen LogP contribution >= 0.6 is 15.9 Å². The molecule has 4 heteroatoms. The number of nitrogens with two attached hydrogens (primary N) is 1. The molecule has 0 fully saturated rings. The number of rotatable bonds is 3. The van der Waals surface area contributed by atoms with E-state index in [1.54, 1.807) is 18.2 Å². The Bertz CT molecular complexity index is 314. The summed E-state index contributed by atoms with van der Waals surface area (Å²) >= 11 is 3.27. The van der Waals surface area contributed by atoms with Gasteiger partial charge in [0.25, 0.3) is 0 Å². The minimum Gasteiger partial charge on any atom is -0.481 e. The quantitative estimate of drug-likeness (QED) is 0.848. The van der Waals surface area contributed by atoms with E-state index in [1.807, 2.05) is 6.07 Å². The van der Waals surface area contributed by atoms with Crippen molar-refractivity contribution in [3.05, 3.63) is 34.3 Å². The molecule has 0 unspecified atom stereocenters. The van der Waals surface area contributed by atoms with Crippen LogP contribution in [0, 0.1) is 0 Å². The minimum atomic E-state index is -0.888. The summed E-state index contributed by atoms with van der Waals surface area (Å²) in [5.41, 5.74) is 6.09. The molecule has 1 aromatic rings. The highest BCUT2D eigenvalue weighted by Crippen LogP contribution is 2.19. The number of carboxylic acid groups (broad SMARTS) is 1. The number of carbonyl (C=O) groups is 1. The minimum absolute atomic E-state index is 0.117. The van der Waals surface area contributed by atoms with E-state index >= 15 is 0 Å². The molecular formula is C9H10BrNO2. The molecule has 0 aliphatic carbocycles. The number of halogens is 1. The molecule has 1 aromatic carbocycles. The summed E-state index contributed by atoms with van der Waals surface area (Å²) in [4.78, 5) is 10.7. The van der Waals surface area contributed by atoms with E-state index in [0.717, 1.165) is 10.0 Å². The van der Waals surface area contributed by atoms with Gasteiger partial charge >= 0.3 is 5.97 Å². The molecule has 0 spiro atoms. The van der Waals surface area contributed by atoms with Crippen molar-refractivity contribution >= 4 is 21.9 Å². The maximum atomic E-state index is 10.7. The molecule has 13 heavy (non-hydrogen) atoms. The van der Waals surface area contributed by atoms with E-state index in [1.165, 1.54) is 0 Å². The van der Waals surface area contributed by atoms with E-state index in [2.05, 4.69) is 15.9 Å². The molecule has 0 heterocycles. The van der Waals surface area contributed by atoms with Gasteiger partial charge in [0.1, 0.15) is 0 Å². The summed E-state index contributed by atoms with van der Waals surface area (Å²) < 4.78 is 0.865. The van der Waals surface area contributed by atoms with Crippen LogP contribution in [0.3, 0.4) is 0 Å². The Kier molecular flexibility index (Phi) is 3.45. The molecule has 0 bridgehead atoms. The zero-order valence-corrected chi connectivity index (χ0v) is 8.49. The predicted molar refractivity (Wildman–Crippen MR) is 53.6 cm³/mol. The van der Waals surface area contributed by atoms with Crippen LogP contribution in [0.25, 0.3) is 0 Å². The average molecular weight is 244 g/mol. The van der Waals surface area contributed by atoms with Crippen molar-refractivity contribution in [1.29, 1.82) is 0 Å². The molecule has 0 saturated carbocycles. The summed E-state index contributed by atoms with van der Waals surface area (Å²) in [5, 5.41) is 8.82. The number of hydrogen-bond donors (Lipinski definition) is 2. The van der Waals surface area contributed by atoms with Crippen LogP contribution in [-0.2, 0) is 4.79 Å². The molecule has 0 saturated heterocycles. The molecule has 0 amide bonds. The third-order valence-electron chi connectivity index (χ3n) is 1.78. The van der Waals surface area contributed by atoms with Gasteiger partial charge in [0.15, 0.2) is 0 Å². The first kappa shape index (κ1) is 10.2. The first-order valence-electron chi connectivity index (χ1n) is 3.83. The van der Waals surface area contributed by atoms with Gasteiger partial charge < -0.3 is 10.8 Å². The van der Waals surface area contributed by atoms with Crippen LogP contribution in [0.5, 0.6) is 0 Å². The molecule has 1 rings (SSSR count). The molecule has 3 nitrogen and oxygen atoms in total. The highest BCUT2D eigenvalue weighted by atomic mass is 79.9. The zero-order valence-electron chi connectivity index (χ0n) is 6.90. The normalized spacial score (nSPS) is 12.5. The Morgan fingerprint density at radius 3 is 2.77 bits per heavy atom. The number of benzene rings is 1. The Hall–Kier alpha value is -0.870. The van der Waals surface area contributed by atoms with Gasteiger partial charge in [0.05, 0.1) is 5.92 Å². The smallest absolute Gasteiger partial charge is 0.312 e. The van der Waals surface area contributed by atoms with E-state index in [-0.39, 0.29) is 6.54 Å². The van der Waals surface area contributed by atoms with Crippen molar-refractivity contribution in [1.82, 2.24) is 0 Å². The molecule has 0 aliphatic rings. The van der Waals surface area contributed by atoms with Crippen LogP contribution in [-0.4, -0.2) is 17.6 Å². The lowest BCUT2D eigenvalue weighted by Crippen LogP contribution is -2.20. The van der Waals surface area contributed by atoms with Crippen LogP contribution in [0.2, 0.25) is 0 Å². The third kappa shape index (κ3) is 2.54. The average Bonchev–Trinajstić information content (AvgIpc) is 2.04. The zero-order chi connectivity index (χ0) is 9.84. The highest BCUT2D eigenvalue weighted by molar-refractivity contribution is 9.10. The topological polar surface area (TPSA) is 63.3 Å². The van der Waals surface area contributed by atoms with Crippen LogP contribution in [0.4, 0.5) is 0 Å². The molecule has 0 aromatic heterocycles.